The number of aliphatic imine (C=N–C) groups is 1. The van der Waals surface area contributed by atoms with E-state index >= 15 is 0 Å². The fourth-order valence-electron chi connectivity index (χ4n) is 2.34. The molecule has 1 aliphatic rings. The third kappa shape index (κ3) is 5.10. The van der Waals surface area contributed by atoms with Gasteiger partial charge >= 0.3 is 0 Å². The normalized spacial score (nSPS) is 17.9. The first kappa shape index (κ1) is 18.1. The van der Waals surface area contributed by atoms with E-state index in [0.717, 1.165) is 50.1 Å². The van der Waals surface area contributed by atoms with Crippen LogP contribution in [0.3, 0.4) is 0 Å². The highest BCUT2D eigenvalue weighted by atomic mass is 127. The minimum absolute atomic E-state index is 0. The fourth-order valence-corrected chi connectivity index (χ4v) is 2.34. The molecule has 0 saturated heterocycles. The van der Waals surface area contributed by atoms with Gasteiger partial charge in [-0.25, -0.2) is 9.67 Å². The van der Waals surface area contributed by atoms with E-state index in [-0.39, 0.29) is 24.0 Å². The second-order valence-corrected chi connectivity index (χ2v) is 4.79. The van der Waals surface area contributed by atoms with E-state index in [1.54, 1.807) is 7.11 Å². The van der Waals surface area contributed by atoms with Crippen LogP contribution in [0.15, 0.2) is 4.99 Å². The Hall–Kier alpha value is -0.900. The Morgan fingerprint density at radius 1 is 1.48 bits per heavy atom. The van der Waals surface area contributed by atoms with E-state index < -0.39 is 0 Å². The van der Waals surface area contributed by atoms with Gasteiger partial charge < -0.3 is 15.4 Å². The van der Waals surface area contributed by atoms with Crippen LogP contribution in [0.5, 0.6) is 0 Å². The Morgan fingerprint density at radius 2 is 2.29 bits per heavy atom. The van der Waals surface area contributed by atoms with Crippen LogP contribution < -0.4 is 10.6 Å². The molecule has 2 N–H and O–H groups in total. The summed E-state index contributed by atoms with van der Waals surface area (Å²) < 4.78 is 7.06. The first-order valence-corrected chi connectivity index (χ1v) is 7.23. The van der Waals surface area contributed by atoms with Crippen LogP contribution in [0.1, 0.15) is 31.9 Å². The van der Waals surface area contributed by atoms with Crippen LogP contribution in [-0.4, -0.2) is 47.0 Å². The van der Waals surface area contributed by atoms with Gasteiger partial charge in [0.05, 0.1) is 6.54 Å². The van der Waals surface area contributed by atoms with Gasteiger partial charge in [-0.05, 0) is 20.3 Å². The molecule has 0 aromatic carbocycles. The summed E-state index contributed by atoms with van der Waals surface area (Å²) >= 11 is 0. The van der Waals surface area contributed by atoms with E-state index in [1.165, 1.54) is 0 Å². The van der Waals surface area contributed by atoms with Crippen LogP contribution in [0.2, 0.25) is 0 Å². The Kier molecular flexibility index (Phi) is 7.94. The number of nitrogens with one attached hydrogen (secondary N) is 2. The molecule has 120 valence electrons. The standard InChI is InChI=1S/C13H24N6O.HI/c1-4-14-13(15-5-2)16-10-6-7-12-17-11(9-20-3)18-19(12)8-10;/h10H,4-9H2,1-3H3,(H2,14,15,16);1H. The molecular formula is C13H25IN6O. The Balaban J connectivity index is 0.00000220. The quantitative estimate of drug-likeness (QED) is 0.431. The van der Waals surface area contributed by atoms with Gasteiger partial charge in [-0.15, -0.1) is 24.0 Å². The highest BCUT2D eigenvalue weighted by Crippen LogP contribution is 2.13. The van der Waals surface area contributed by atoms with Crippen LogP contribution in [-0.2, 0) is 24.3 Å². The summed E-state index contributed by atoms with van der Waals surface area (Å²) in [5, 5.41) is 11.2. The molecule has 0 fully saturated rings. The maximum atomic E-state index is 5.08. The molecule has 1 aromatic heterocycles. The van der Waals surface area contributed by atoms with Gasteiger partial charge in [-0.1, -0.05) is 0 Å². The SMILES string of the molecule is CCN=C(NCC)NC1CCc2nc(COC)nn2C1.I. The van der Waals surface area contributed by atoms with E-state index in [4.69, 9.17) is 4.74 Å². The van der Waals surface area contributed by atoms with Crippen molar-refractivity contribution in [3.63, 3.8) is 0 Å². The van der Waals surface area contributed by atoms with Gasteiger partial charge in [-0.2, -0.15) is 5.10 Å². The first-order chi connectivity index (χ1) is 9.76. The molecule has 0 aliphatic carbocycles. The topological polar surface area (TPSA) is 76.4 Å². The molecular weight excluding hydrogens is 383 g/mol. The lowest BCUT2D eigenvalue weighted by atomic mass is 10.1. The summed E-state index contributed by atoms with van der Waals surface area (Å²) in [7, 11) is 1.66. The zero-order valence-electron chi connectivity index (χ0n) is 12.9. The molecule has 1 aliphatic heterocycles. The number of methoxy groups -OCH3 is 1. The zero-order valence-corrected chi connectivity index (χ0v) is 15.3. The predicted molar refractivity (Wildman–Crippen MR) is 93.0 cm³/mol. The molecule has 0 amide bonds. The number of guanidine groups is 1. The number of aromatic nitrogens is 3. The van der Waals surface area contributed by atoms with E-state index in [1.807, 2.05) is 11.6 Å². The fraction of sp³-hybridized carbons (Fsp3) is 0.769. The third-order valence-electron chi connectivity index (χ3n) is 3.18. The lowest BCUT2D eigenvalue weighted by Crippen LogP contribution is -2.47. The summed E-state index contributed by atoms with van der Waals surface area (Å²) in [6, 6.07) is 0.337. The van der Waals surface area contributed by atoms with Crippen LogP contribution in [0, 0.1) is 0 Å². The summed E-state index contributed by atoms with van der Waals surface area (Å²) in [4.78, 5) is 8.91. The summed E-state index contributed by atoms with van der Waals surface area (Å²) in [5.41, 5.74) is 0. The van der Waals surface area contributed by atoms with Crippen molar-refractivity contribution in [3.8, 4) is 0 Å². The molecule has 8 heteroatoms. The van der Waals surface area contributed by atoms with Crippen molar-refractivity contribution in [1.29, 1.82) is 0 Å². The monoisotopic (exact) mass is 408 g/mol. The Bertz CT molecular complexity index is 462. The summed E-state index contributed by atoms with van der Waals surface area (Å²) in [6.07, 6.45) is 1.97. The molecule has 7 nitrogen and oxygen atoms in total. The van der Waals surface area contributed by atoms with Crippen LogP contribution in [0.25, 0.3) is 0 Å². The van der Waals surface area contributed by atoms with E-state index in [0.29, 0.717) is 12.6 Å². The van der Waals surface area contributed by atoms with Gasteiger partial charge in [-0.3, -0.25) is 4.99 Å². The second kappa shape index (κ2) is 9.19. The van der Waals surface area contributed by atoms with Crippen molar-refractivity contribution >= 4 is 29.9 Å². The number of ether oxygens (including phenoxy) is 1. The molecule has 2 heterocycles. The molecule has 1 unspecified atom stereocenters. The largest absolute Gasteiger partial charge is 0.377 e. The van der Waals surface area contributed by atoms with E-state index in [2.05, 4.69) is 32.6 Å². The van der Waals surface area contributed by atoms with Crippen molar-refractivity contribution in [1.82, 2.24) is 25.4 Å². The average molecular weight is 408 g/mol. The van der Waals surface area contributed by atoms with Gasteiger partial charge in [0.15, 0.2) is 11.8 Å². The highest BCUT2D eigenvalue weighted by Gasteiger charge is 2.22. The number of hydrogen-bond donors (Lipinski definition) is 2. The smallest absolute Gasteiger partial charge is 0.191 e. The van der Waals surface area contributed by atoms with Gasteiger partial charge in [0, 0.05) is 32.7 Å². The number of rotatable bonds is 5. The molecule has 21 heavy (non-hydrogen) atoms. The van der Waals surface area contributed by atoms with Crippen molar-refractivity contribution in [2.24, 2.45) is 4.99 Å². The Morgan fingerprint density at radius 3 is 2.95 bits per heavy atom. The predicted octanol–water partition coefficient (Wildman–Crippen LogP) is 0.932. The Labute approximate surface area is 143 Å². The maximum Gasteiger partial charge on any atom is 0.191 e. The number of aryl methyl sites for hydroxylation is 1. The molecule has 1 atom stereocenters. The molecule has 0 spiro atoms. The minimum atomic E-state index is 0. The van der Waals surface area contributed by atoms with Crippen molar-refractivity contribution in [2.45, 2.75) is 45.9 Å². The first-order valence-electron chi connectivity index (χ1n) is 7.23. The summed E-state index contributed by atoms with van der Waals surface area (Å²) in [5.74, 6) is 2.69. The van der Waals surface area contributed by atoms with Crippen molar-refractivity contribution in [3.05, 3.63) is 11.6 Å². The van der Waals surface area contributed by atoms with E-state index in [9.17, 15) is 0 Å². The molecule has 0 bridgehead atoms. The zero-order chi connectivity index (χ0) is 14.4. The molecule has 0 radical (unpaired) electrons. The summed E-state index contributed by atoms with van der Waals surface area (Å²) in [6.45, 7) is 7.03. The minimum Gasteiger partial charge on any atom is -0.377 e. The van der Waals surface area contributed by atoms with Gasteiger partial charge in [0.1, 0.15) is 12.4 Å². The van der Waals surface area contributed by atoms with Gasteiger partial charge in [0.2, 0.25) is 0 Å². The molecule has 2 rings (SSSR count). The van der Waals surface area contributed by atoms with Crippen LogP contribution in [0.4, 0.5) is 0 Å². The highest BCUT2D eigenvalue weighted by molar-refractivity contribution is 14.0. The third-order valence-corrected chi connectivity index (χ3v) is 3.18. The van der Waals surface area contributed by atoms with Crippen molar-refractivity contribution < 1.29 is 4.74 Å². The molecule has 1 aromatic rings. The van der Waals surface area contributed by atoms with Crippen molar-refractivity contribution in [2.75, 3.05) is 20.2 Å². The van der Waals surface area contributed by atoms with Gasteiger partial charge in [0.25, 0.3) is 0 Å². The maximum absolute atomic E-state index is 5.08. The number of fused-ring (bicyclic) bond motifs is 1. The number of nitrogens with zero attached hydrogens (tertiary/aromatic N) is 4. The lowest BCUT2D eigenvalue weighted by Gasteiger charge is -2.25. The average Bonchev–Trinajstić information content (AvgIpc) is 2.81. The second-order valence-electron chi connectivity index (χ2n) is 4.79. The number of hydrogen-bond acceptors (Lipinski definition) is 4. The lowest BCUT2D eigenvalue weighted by molar-refractivity contribution is 0.177. The van der Waals surface area contributed by atoms with Crippen LogP contribution >= 0.6 is 24.0 Å². The molecule has 0 saturated carbocycles. The number of halogens is 1.